The van der Waals surface area contributed by atoms with Gasteiger partial charge < -0.3 is 15.8 Å². The highest BCUT2D eigenvalue weighted by Gasteiger charge is 2.21. The molecule has 2 aromatic rings. The SMILES string of the molecule is Nc1nc(NC2CCOCC2)c(N=O)c(-c2ccccc2I)n1. The molecule has 1 saturated heterocycles. The number of anilines is 2. The third-order valence-electron chi connectivity index (χ3n) is 3.68. The Hall–Kier alpha value is -1.81. The van der Waals surface area contributed by atoms with Gasteiger partial charge in [0.05, 0.1) is 0 Å². The van der Waals surface area contributed by atoms with Crippen molar-refractivity contribution in [3.8, 4) is 11.3 Å². The molecule has 1 fully saturated rings. The summed E-state index contributed by atoms with van der Waals surface area (Å²) in [6.45, 7) is 1.37. The predicted molar refractivity (Wildman–Crippen MR) is 97.5 cm³/mol. The summed E-state index contributed by atoms with van der Waals surface area (Å²) in [6, 6.07) is 7.81. The van der Waals surface area contributed by atoms with Crippen LogP contribution < -0.4 is 11.1 Å². The van der Waals surface area contributed by atoms with Crippen molar-refractivity contribution < 1.29 is 4.74 Å². The van der Waals surface area contributed by atoms with Crippen LogP contribution in [0.5, 0.6) is 0 Å². The molecule has 0 atom stereocenters. The smallest absolute Gasteiger partial charge is 0.222 e. The van der Waals surface area contributed by atoms with Gasteiger partial charge in [0.15, 0.2) is 11.5 Å². The molecule has 7 nitrogen and oxygen atoms in total. The maximum absolute atomic E-state index is 11.4. The zero-order valence-electron chi connectivity index (χ0n) is 12.3. The molecule has 1 aliphatic heterocycles. The maximum atomic E-state index is 11.4. The molecular weight excluding hydrogens is 409 g/mol. The number of nitrogen functional groups attached to an aromatic ring is 1. The zero-order valence-corrected chi connectivity index (χ0v) is 14.5. The molecule has 3 rings (SSSR count). The summed E-state index contributed by atoms with van der Waals surface area (Å²) < 4.78 is 6.31. The molecule has 0 unspecified atom stereocenters. The quantitative estimate of drug-likeness (QED) is 0.576. The molecule has 120 valence electrons. The molecule has 1 aromatic heterocycles. The van der Waals surface area contributed by atoms with E-state index in [1.165, 1.54) is 0 Å². The molecule has 1 aliphatic rings. The third-order valence-corrected chi connectivity index (χ3v) is 4.62. The van der Waals surface area contributed by atoms with Crippen LogP contribution in [0.25, 0.3) is 11.3 Å². The van der Waals surface area contributed by atoms with Crippen molar-refractivity contribution in [1.29, 1.82) is 0 Å². The molecule has 3 N–H and O–H groups in total. The lowest BCUT2D eigenvalue weighted by atomic mass is 10.1. The van der Waals surface area contributed by atoms with Crippen LogP contribution in [0.3, 0.4) is 0 Å². The van der Waals surface area contributed by atoms with Gasteiger partial charge in [-0.05, 0) is 46.7 Å². The number of halogens is 1. The molecular formula is C15H16IN5O2. The average Bonchev–Trinajstić information content (AvgIpc) is 2.56. The Kier molecular flexibility index (Phi) is 5.01. The van der Waals surface area contributed by atoms with Crippen LogP contribution in [0, 0.1) is 8.48 Å². The Balaban J connectivity index is 2.03. The molecule has 0 saturated carbocycles. The number of rotatable bonds is 4. The number of ether oxygens (including phenoxy) is 1. The number of nitrogens with two attached hydrogens (primary N) is 1. The normalized spacial score (nSPS) is 15.3. The molecule has 2 heterocycles. The van der Waals surface area contributed by atoms with Crippen LogP contribution in [-0.4, -0.2) is 29.2 Å². The molecule has 0 bridgehead atoms. The first-order chi connectivity index (χ1) is 11.2. The molecule has 23 heavy (non-hydrogen) atoms. The highest BCUT2D eigenvalue weighted by molar-refractivity contribution is 14.1. The predicted octanol–water partition coefficient (Wildman–Crippen LogP) is 3.32. The van der Waals surface area contributed by atoms with E-state index in [-0.39, 0.29) is 17.7 Å². The van der Waals surface area contributed by atoms with Crippen LogP contribution in [0.2, 0.25) is 0 Å². The number of hydrogen-bond acceptors (Lipinski definition) is 7. The van der Waals surface area contributed by atoms with Crippen molar-refractivity contribution in [1.82, 2.24) is 9.97 Å². The summed E-state index contributed by atoms with van der Waals surface area (Å²) in [5, 5.41) is 6.43. The van der Waals surface area contributed by atoms with Crippen LogP contribution >= 0.6 is 22.6 Å². The number of nitroso groups, excluding NO2 is 1. The van der Waals surface area contributed by atoms with E-state index in [9.17, 15) is 4.91 Å². The van der Waals surface area contributed by atoms with Gasteiger partial charge in [0.2, 0.25) is 5.95 Å². The monoisotopic (exact) mass is 425 g/mol. The Morgan fingerprint density at radius 3 is 2.70 bits per heavy atom. The van der Waals surface area contributed by atoms with Crippen LogP contribution in [0.15, 0.2) is 29.4 Å². The number of benzene rings is 1. The fourth-order valence-electron chi connectivity index (χ4n) is 2.54. The Labute approximate surface area is 147 Å². The van der Waals surface area contributed by atoms with E-state index >= 15 is 0 Å². The first-order valence-corrected chi connectivity index (χ1v) is 8.37. The Morgan fingerprint density at radius 1 is 1.26 bits per heavy atom. The summed E-state index contributed by atoms with van der Waals surface area (Å²) in [5.74, 6) is 0.496. The number of nitrogens with one attached hydrogen (secondary N) is 1. The van der Waals surface area contributed by atoms with Crippen molar-refractivity contribution in [3.05, 3.63) is 32.7 Å². The number of nitrogens with zero attached hydrogens (tertiary/aromatic N) is 3. The van der Waals surface area contributed by atoms with E-state index in [1.54, 1.807) is 0 Å². The topological polar surface area (TPSA) is 102 Å². The van der Waals surface area contributed by atoms with Crippen LogP contribution in [0.4, 0.5) is 17.5 Å². The van der Waals surface area contributed by atoms with Crippen molar-refractivity contribution >= 4 is 40.0 Å². The number of aromatic nitrogens is 2. The minimum absolute atomic E-state index is 0.113. The van der Waals surface area contributed by atoms with Crippen LogP contribution in [-0.2, 0) is 4.74 Å². The largest absolute Gasteiger partial charge is 0.381 e. The van der Waals surface area contributed by atoms with Gasteiger partial charge in [0, 0.05) is 28.4 Å². The van der Waals surface area contributed by atoms with Gasteiger partial charge >= 0.3 is 0 Å². The molecule has 8 heteroatoms. The summed E-state index contributed by atoms with van der Waals surface area (Å²) in [5.41, 5.74) is 7.29. The van der Waals surface area contributed by atoms with E-state index in [2.05, 4.69) is 43.1 Å². The first kappa shape index (κ1) is 16.1. The van der Waals surface area contributed by atoms with E-state index in [0.29, 0.717) is 24.7 Å². The maximum Gasteiger partial charge on any atom is 0.222 e. The Bertz CT molecular complexity index is 719. The molecule has 0 spiro atoms. The van der Waals surface area contributed by atoms with E-state index in [4.69, 9.17) is 10.5 Å². The van der Waals surface area contributed by atoms with Gasteiger partial charge in [-0.2, -0.15) is 4.98 Å². The Morgan fingerprint density at radius 2 is 2.00 bits per heavy atom. The fourth-order valence-corrected chi connectivity index (χ4v) is 3.18. The van der Waals surface area contributed by atoms with E-state index < -0.39 is 0 Å². The molecule has 0 radical (unpaired) electrons. The van der Waals surface area contributed by atoms with Crippen LogP contribution in [0.1, 0.15) is 12.8 Å². The summed E-state index contributed by atoms with van der Waals surface area (Å²) in [7, 11) is 0. The van der Waals surface area contributed by atoms with Gasteiger partial charge in [0.1, 0.15) is 5.69 Å². The van der Waals surface area contributed by atoms with Gasteiger partial charge in [0.25, 0.3) is 0 Å². The lowest BCUT2D eigenvalue weighted by Crippen LogP contribution is -2.28. The van der Waals surface area contributed by atoms with Crippen molar-refractivity contribution in [2.24, 2.45) is 5.18 Å². The van der Waals surface area contributed by atoms with Gasteiger partial charge in [-0.3, -0.25) is 0 Å². The second-order valence-corrected chi connectivity index (χ2v) is 6.39. The van der Waals surface area contributed by atoms with E-state index in [0.717, 1.165) is 22.0 Å². The van der Waals surface area contributed by atoms with Gasteiger partial charge in [-0.25, -0.2) is 4.98 Å². The number of hydrogen-bond donors (Lipinski definition) is 2. The van der Waals surface area contributed by atoms with Crippen molar-refractivity contribution in [2.75, 3.05) is 24.3 Å². The fraction of sp³-hybridized carbons (Fsp3) is 0.333. The highest BCUT2D eigenvalue weighted by Crippen LogP contribution is 2.37. The van der Waals surface area contributed by atoms with Crippen molar-refractivity contribution in [3.63, 3.8) is 0 Å². The minimum Gasteiger partial charge on any atom is -0.381 e. The van der Waals surface area contributed by atoms with Gasteiger partial charge in [-0.15, -0.1) is 4.91 Å². The summed E-state index contributed by atoms with van der Waals surface area (Å²) in [4.78, 5) is 19.9. The standard InChI is InChI=1S/C15H16IN5O2/c16-11-4-2-1-3-10(11)12-13(21-22)14(20-15(17)19-12)18-9-5-7-23-8-6-9/h1-4,9H,5-8H2,(H3,17,18,19,20). The zero-order chi connectivity index (χ0) is 16.2. The van der Waals surface area contributed by atoms with E-state index in [1.807, 2.05) is 24.3 Å². The lowest BCUT2D eigenvalue weighted by molar-refractivity contribution is 0.0904. The average molecular weight is 425 g/mol. The molecule has 0 amide bonds. The lowest BCUT2D eigenvalue weighted by Gasteiger charge is -2.24. The second kappa shape index (κ2) is 7.18. The second-order valence-electron chi connectivity index (χ2n) is 5.23. The minimum atomic E-state index is 0.113. The molecule has 0 aliphatic carbocycles. The van der Waals surface area contributed by atoms with Gasteiger partial charge in [-0.1, -0.05) is 18.2 Å². The summed E-state index contributed by atoms with van der Waals surface area (Å²) in [6.07, 6.45) is 1.70. The summed E-state index contributed by atoms with van der Waals surface area (Å²) >= 11 is 2.19. The van der Waals surface area contributed by atoms with Crippen molar-refractivity contribution in [2.45, 2.75) is 18.9 Å². The molecule has 1 aromatic carbocycles. The first-order valence-electron chi connectivity index (χ1n) is 7.29. The highest BCUT2D eigenvalue weighted by atomic mass is 127. The third kappa shape index (κ3) is 3.58.